The second kappa shape index (κ2) is 11.4. The van der Waals surface area contributed by atoms with Crippen molar-refractivity contribution in [3.63, 3.8) is 0 Å². The fourth-order valence-electron chi connectivity index (χ4n) is 3.78. The van der Waals surface area contributed by atoms with E-state index in [0.717, 1.165) is 5.56 Å². The number of amidine groups is 1. The number of fused-ring (bicyclic) bond motifs is 1. The second-order valence-electron chi connectivity index (χ2n) is 7.58. The molecule has 13 nitrogen and oxygen atoms in total. The van der Waals surface area contributed by atoms with E-state index in [1.807, 2.05) is 18.2 Å². The third-order valence-corrected chi connectivity index (χ3v) is 5.68. The Balaban J connectivity index is 1.73. The van der Waals surface area contributed by atoms with Crippen molar-refractivity contribution in [3.05, 3.63) is 67.9 Å². The minimum atomic E-state index is -0.650. The van der Waals surface area contributed by atoms with Crippen LogP contribution in [-0.2, 0) is 11.3 Å². The van der Waals surface area contributed by atoms with E-state index in [9.17, 15) is 0 Å². The Morgan fingerprint density at radius 3 is 2.49 bits per heavy atom. The topological polar surface area (TPSA) is 174 Å². The number of nitrogens with zero attached hydrogens (tertiary/aromatic N) is 9. The smallest absolute Gasteiger partial charge is 0.176 e. The highest BCUT2D eigenvalue weighted by Crippen LogP contribution is 2.48. The summed E-state index contributed by atoms with van der Waals surface area (Å²) in [5.41, 5.74) is 18.4. The van der Waals surface area contributed by atoms with Gasteiger partial charge in [-0.25, -0.2) is 4.99 Å². The van der Waals surface area contributed by atoms with Gasteiger partial charge in [0.15, 0.2) is 19.3 Å². The molecule has 0 bridgehead atoms. The molecular weight excluding hydrogens is 476 g/mol. The van der Waals surface area contributed by atoms with Crippen molar-refractivity contribution in [3.8, 4) is 11.5 Å². The summed E-state index contributed by atoms with van der Waals surface area (Å²) < 4.78 is 16.9. The number of nitrogens with one attached hydrogen (secondary N) is 1. The van der Waals surface area contributed by atoms with Crippen LogP contribution >= 0.6 is 11.6 Å². The van der Waals surface area contributed by atoms with E-state index in [2.05, 4.69) is 35.6 Å². The van der Waals surface area contributed by atoms with Gasteiger partial charge < -0.3 is 19.5 Å². The van der Waals surface area contributed by atoms with Crippen LogP contribution in [0.1, 0.15) is 18.4 Å². The predicted octanol–water partition coefficient (Wildman–Crippen LogP) is 6.29. The van der Waals surface area contributed by atoms with E-state index in [0.29, 0.717) is 66.3 Å². The zero-order chi connectivity index (χ0) is 24.5. The number of aliphatic imine (C=N–C) groups is 1. The van der Waals surface area contributed by atoms with Crippen molar-refractivity contribution in [2.45, 2.75) is 24.9 Å². The molecule has 0 amide bonds. The lowest BCUT2D eigenvalue weighted by Gasteiger charge is -2.40. The highest BCUT2D eigenvalue weighted by Gasteiger charge is 2.43. The minimum absolute atomic E-state index is 0.199. The molecule has 0 aliphatic carbocycles. The molecule has 1 saturated heterocycles. The van der Waals surface area contributed by atoms with Crippen molar-refractivity contribution in [1.29, 1.82) is 0 Å². The molecule has 1 N–H and O–H groups in total. The first-order valence-electron chi connectivity index (χ1n) is 10.7. The van der Waals surface area contributed by atoms with Crippen molar-refractivity contribution in [1.82, 2.24) is 0 Å². The predicted molar refractivity (Wildman–Crippen MR) is 129 cm³/mol. The number of anilines is 1. The molecule has 0 atom stereocenters. The molecule has 14 heteroatoms. The van der Waals surface area contributed by atoms with Crippen LogP contribution in [0.2, 0.25) is 5.02 Å². The maximum absolute atomic E-state index is 8.60. The van der Waals surface area contributed by atoms with Crippen LogP contribution in [0.15, 0.2) is 61.8 Å². The van der Waals surface area contributed by atoms with Gasteiger partial charge in [0.05, 0.1) is 6.54 Å². The molecule has 2 aliphatic rings. The summed E-state index contributed by atoms with van der Waals surface area (Å²) in [5, 5.41) is 19.9. The number of rotatable bonds is 8. The summed E-state index contributed by atoms with van der Waals surface area (Å²) in [5.74, 6) is 1.25. The van der Waals surface area contributed by atoms with Gasteiger partial charge in [-0.05, 0) is 40.9 Å². The average Bonchev–Trinajstić information content (AvgIpc) is 2.86. The molecule has 1 spiro atoms. The van der Waals surface area contributed by atoms with Gasteiger partial charge in [0, 0.05) is 40.9 Å². The molecule has 2 aromatic rings. The number of benzene rings is 2. The van der Waals surface area contributed by atoms with Crippen molar-refractivity contribution >= 4 is 28.8 Å². The maximum Gasteiger partial charge on any atom is 0.176 e. The van der Waals surface area contributed by atoms with Crippen molar-refractivity contribution in [2.75, 3.05) is 32.0 Å². The van der Waals surface area contributed by atoms with Crippen LogP contribution in [0.25, 0.3) is 20.9 Å². The molecule has 2 aromatic carbocycles. The van der Waals surface area contributed by atoms with Gasteiger partial charge in [-0.1, -0.05) is 34.0 Å². The van der Waals surface area contributed by atoms with Gasteiger partial charge in [0.2, 0.25) is 0 Å². The molecular formula is C21H21ClN10O3. The van der Waals surface area contributed by atoms with Gasteiger partial charge in [-0.3, -0.25) is 0 Å². The van der Waals surface area contributed by atoms with E-state index in [4.69, 9.17) is 41.9 Å². The SMILES string of the molecule is [N-]=[N+]=NCOc1ccc(OCN=[N+]=[N-])c2c1N=C(N=NCc1cccc(Cl)c1)C1(CCOCC1)N2. The quantitative estimate of drug-likeness (QED) is 0.257. The third-order valence-electron chi connectivity index (χ3n) is 5.45. The molecule has 35 heavy (non-hydrogen) atoms. The monoisotopic (exact) mass is 496 g/mol. The van der Waals surface area contributed by atoms with E-state index in [1.54, 1.807) is 18.2 Å². The van der Waals surface area contributed by atoms with Crippen LogP contribution in [0.3, 0.4) is 0 Å². The van der Waals surface area contributed by atoms with Gasteiger partial charge in [0.1, 0.15) is 28.4 Å². The number of azide groups is 2. The van der Waals surface area contributed by atoms with Gasteiger partial charge in [-0.2, -0.15) is 5.11 Å². The van der Waals surface area contributed by atoms with Crippen LogP contribution in [0, 0.1) is 0 Å². The van der Waals surface area contributed by atoms with E-state index < -0.39 is 5.54 Å². The molecule has 0 saturated carbocycles. The lowest BCUT2D eigenvalue weighted by molar-refractivity contribution is 0.0775. The number of azo groups is 1. The average molecular weight is 497 g/mol. The zero-order valence-electron chi connectivity index (χ0n) is 18.5. The molecule has 2 heterocycles. The molecule has 4 rings (SSSR count). The fraction of sp³-hybridized carbons (Fsp3) is 0.381. The summed E-state index contributed by atoms with van der Waals surface area (Å²) >= 11 is 6.07. The number of hydrogen-bond donors (Lipinski definition) is 1. The summed E-state index contributed by atoms with van der Waals surface area (Å²) in [6.45, 7) is 0.923. The minimum Gasteiger partial charge on any atom is -0.485 e. The molecule has 1 fully saturated rings. The van der Waals surface area contributed by atoms with Gasteiger partial charge >= 0.3 is 0 Å². The Bertz CT molecular complexity index is 1230. The Kier molecular flexibility index (Phi) is 7.86. The summed E-state index contributed by atoms with van der Waals surface area (Å²) in [6.07, 6.45) is 1.20. The van der Waals surface area contributed by atoms with Crippen LogP contribution in [0.5, 0.6) is 11.5 Å². The van der Waals surface area contributed by atoms with Crippen LogP contribution in [0.4, 0.5) is 11.4 Å². The zero-order valence-corrected chi connectivity index (χ0v) is 19.3. The Morgan fingerprint density at radius 2 is 1.77 bits per heavy atom. The lowest BCUT2D eigenvalue weighted by Crippen LogP contribution is -2.51. The molecule has 180 valence electrons. The van der Waals surface area contributed by atoms with E-state index >= 15 is 0 Å². The second-order valence-corrected chi connectivity index (χ2v) is 8.01. The summed E-state index contributed by atoms with van der Waals surface area (Å²) in [6, 6.07) is 10.7. The van der Waals surface area contributed by atoms with Crippen molar-refractivity contribution in [2.24, 2.45) is 25.4 Å². The van der Waals surface area contributed by atoms with E-state index in [1.165, 1.54) is 0 Å². The first kappa shape index (κ1) is 24.1. The standard InChI is InChI=1S/C21H21ClN10O3/c22-15-3-1-2-14(10-15)11-25-30-20-21(6-8-33-9-7-21)29-19-17(35-13-27-32-24)5-4-16(18(19)28-20)34-12-26-31-23/h1-5,10,29H,6-9,11-13H2. The highest BCUT2D eigenvalue weighted by molar-refractivity contribution is 6.30. The van der Waals surface area contributed by atoms with E-state index in [-0.39, 0.29) is 13.5 Å². The summed E-state index contributed by atoms with van der Waals surface area (Å²) in [4.78, 5) is 10.2. The van der Waals surface area contributed by atoms with Crippen LogP contribution in [-0.4, -0.2) is 38.0 Å². The summed E-state index contributed by atoms with van der Waals surface area (Å²) in [7, 11) is 0. The van der Waals surface area contributed by atoms with Gasteiger partial charge in [-0.15, -0.1) is 5.11 Å². The highest BCUT2D eigenvalue weighted by atomic mass is 35.5. The third kappa shape index (κ3) is 5.73. The fourth-order valence-corrected chi connectivity index (χ4v) is 4.00. The van der Waals surface area contributed by atoms with Gasteiger partial charge in [0.25, 0.3) is 0 Å². The maximum atomic E-state index is 8.60. The first-order valence-corrected chi connectivity index (χ1v) is 11.0. The Morgan fingerprint density at radius 1 is 1.06 bits per heavy atom. The van der Waals surface area contributed by atoms with Crippen molar-refractivity contribution < 1.29 is 14.2 Å². The number of ether oxygens (including phenoxy) is 3. The molecule has 2 aliphatic heterocycles. The lowest BCUT2D eigenvalue weighted by atomic mass is 9.86. The largest absolute Gasteiger partial charge is 0.485 e. The number of halogens is 1. The number of hydrogen-bond acceptors (Lipinski definition) is 9. The Hall–Kier alpha value is -4.02. The molecule has 0 aromatic heterocycles. The molecule has 0 radical (unpaired) electrons. The first-order chi connectivity index (χ1) is 17.1. The van der Waals surface area contributed by atoms with Crippen LogP contribution < -0.4 is 14.8 Å². The molecule has 0 unspecified atom stereocenters. The Labute approximate surface area is 205 Å². The normalized spacial score (nSPS) is 15.9.